The summed E-state index contributed by atoms with van der Waals surface area (Å²) in [5.74, 6) is 1.82. The van der Waals surface area contributed by atoms with Crippen LogP contribution in [0.25, 0.3) is 5.65 Å². The highest BCUT2D eigenvalue weighted by atomic mass is 16.5. The van der Waals surface area contributed by atoms with Crippen molar-refractivity contribution in [1.82, 2.24) is 14.6 Å². The van der Waals surface area contributed by atoms with Crippen molar-refractivity contribution in [3.8, 4) is 5.75 Å². The van der Waals surface area contributed by atoms with E-state index in [9.17, 15) is 0 Å². The van der Waals surface area contributed by atoms with E-state index in [1.807, 2.05) is 10.7 Å². The van der Waals surface area contributed by atoms with Crippen LogP contribution in [0.1, 0.15) is 108 Å². The third-order valence-electron chi connectivity index (χ3n) is 6.67. The van der Waals surface area contributed by atoms with E-state index in [0.717, 1.165) is 36.5 Å². The molecule has 2 atom stereocenters. The van der Waals surface area contributed by atoms with Crippen LogP contribution in [0.4, 0.5) is 5.82 Å². The summed E-state index contributed by atoms with van der Waals surface area (Å²) in [5.41, 5.74) is 2.38. The fraction of sp³-hybridized carbons (Fsp3) is 0.778. The molecule has 2 aromatic rings. The minimum Gasteiger partial charge on any atom is -0.483 e. The van der Waals surface area contributed by atoms with Gasteiger partial charge in [0.15, 0.2) is 17.2 Å². The van der Waals surface area contributed by atoms with Crippen LogP contribution < -0.4 is 9.64 Å². The van der Waals surface area contributed by atoms with E-state index in [1.165, 1.54) is 5.56 Å². The Morgan fingerprint density at radius 3 is 2.00 bits per heavy atom. The Morgan fingerprint density at radius 2 is 1.50 bits per heavy atom. The number of ether oxygens (including phenoxy) is 1. The van der Waals surface area contributed by atoms with E-state index in [0.29, 0.717) is 0 Å². The third-order valence-corrected chi connectivity index (χ3v) is 6.67. The Morgan fingerprint density at radius 1 is 0.906 bits per heavy atom. The summed E-state index contributed by atoms with van der Waals surface area (Å²) in [6, 6.07) is 0.257. The molecule has 0 fully saturated rings. The maximum atomic E-state index is 6.77. The molecule has 1 aliphatic heterocycles. The molecular weight excluding hydrogens is 396 g/mol. The predicted molar refractivity (Wildman–Crippen MR) is 135 cm³/mol. The van der Waals surface area contributed by atoms with Gasteiger partial charge in [0, 0.05) is 11.1 Å². The van der Waals surface area contributed by atoms with Gasteiger partial charge in [-0.15, -0.1) is 0 Å². The molecule has 0 amide bonds. The highest BCUT2D eigenvalue weighted by Crippen LogP contribution is 2.46. The molecule has 5 heteroatoms. The summed E-state index contributed by atoms with van der Waals surface area (Å²) in [7, 11) is 0. The van der Waals surface area contributed by atoms with Gasteiger partial charge in [-0.1, -0.05) is 69.2 Å². The summed E-state index contributed by atoms with van der Waals surface area (Å²) in [6.07, 6.45) is 7.19. The molecule has 0 unspecified atom stereocenters. The maximum absolute atomic E-state index is 6.77. The maximum Gasteiger partial charge on any atom is 0.180 e. The van der Waals surface area contributed by atoms with Crippen LogP contribution in [0.5, 0.6) is 5.75 Å². The number of fused-ring (bicyclic) bond motifs is 2. The molecule has 0 aromatic carbocycles. The fourth-order valence-corrected chi connectivity index (χ4v) is 4.77. The molecule has 180 valence electrons. The summed E-state index contributed by atoms with van der Waals surface area (Å²) < 4.78 is 8.67. The van der Waals surface area contributed by atoms with Gasteiger partial charge < -0.3 is 9.64 Å². The molecule has 0 radical (unpaired) electrons. The van der Waals surface area contributed by atoms with Crippen LogP contribution in [0.3, 0.4) is 0 Å². The van der Waals surface area contributed by atoms with Crippen molar-refractivity contribution in [3.63, 3.8) is 0 Å². The number of rotatable bonds is 4. The van der Waals surface area contributed by atoms with Gasteiger partial charge in [0.2, 0.25) is 0 Å². The quantitative estimate of drug-likeness (QED) is 0.510. The van der Waals surface area contributed by atoms with Gasteiger partial charge in [0.05, 0.1) is 18.4 Å². The van der Waals surface area contributed by atoms with Gasteiger partial charge in [0.1, 0.15) is 6.10 Å². The first-order valence-corrected chi connectivity index (χ1v) is 12.3. The zero-order valence-corrected chi connectivity index (χ0v) is 22.6. The van der Waals surface area contributed by atoms with Gasteiger partial charge >= 0.3 is 0 Å². The van der Waals surface area contributed by atoms with Crippen LogP contribution in [0.15, 0.2) is 12.4 Å². The number of aromatic nitrogens is 3. The minimum absolute atomic E-state index is 0.0246. The summed E-state index contributed by atoms with van der Waals surface area (Å²) in [4.78, 5) is 7.84. The van der Waals surface area contributed by atoms with Crippen LogP contribution >= 0.6 is 0 Å². The van der Waals surface area contributed by atoms with Crippen LogP contribution in [0.2, 0.25) is 0 Å². The lowest BCUT2D eigenvalue weighted by Gasteiger charge is -2.52. The summed E-state index contributed by atoms with van der Waals surface area (Å²) in [6.45, 7) is 27.5. The lowest BCUT2D eigenvalue weighted by atomic mass is 9.78. The molecule has 0 saturated carbocycles. The van der Waals surface area contributed by atoms with Crippen LogP contribution in [-0.2, 0) is 5.41 Å². The zero-order chi connectivity index (χ0) is 24.3. The Labute approximate surface area is 195 Å². The van der Waals surface area contributed by atoms with Crippen molar-refractivity contribution < 1.29 is 4.74 Å². The van der Waals surface area contributed by atoms with E-state index in [2.05, 4.69) is 99.3 Å². The number of hydrogen-bond acceptors (Lipinski definition) is 4. The second-order valence-electron chi connectivity index (χ2n) is 13.8. The van der Waals surface area contributed by atoms with Crippen molar-refractivity contribution in [2.24, 2.45) is 10.8 Å². The third kappa shape index (κ3) is 5.07. The second-order valence-corrected chi connectivity index (χ2v) is 13.8. The first-order valence-electron chi connectivity index (χ1n) is 12.3. The molecule has 0 bridgehead atoms. The molecule has 0 saturated heterocycles. The van der Waals surface area contributed by atoms with Crippen LogP contribution in [-0.4, -0.2) is 32.3 Å². The van der Waals surface area contributed by atoms with Crippen molar-refractivity contribution in [2.45, 2.75) is 125 Å². The molecule has 0 spiro atoms. The first kappa shape index (κ1) is 24.9. The first-order chi connectivity index (χ1) is 14.4. The van der Waals surface area contributed by atoms with Gasteiger partial charge in [-0.3, -0.25) is 0 Å². The van der Waals surface area contributed by atoms with Crippen molar-refractivity contribution >= 4 is 11.5 Å². The Hall–Kier alpha value is -1.78. The van der Waals surface area contributed by atoms with Crippen molar-refractivity contribution in [1.29, 1.82) is 0 Å². The predicted octanol–water partition coefficient (Wildman–Crippen LogP) is 7.02. The summed E-state index contributed by atoms with van der Waals surface area (Å²) >= 11 is 0. The van der Waals surface area contributed by atoms with Crippen molar-refractivity contribution in [2.75, 3.05) is 4.90 Å². The monoisotopic (exact) mass is 442 g/mol. The molecule has 3 rings (SSSR count). The number of nitrogens with zero attached hydrogens (tertiary/aromatic N) is 4. The zero-order valence-electron chi connectivity index (χ0n) is 22.6. The van der Waals surface area contributed by atoms with Gasteiger partial charge in [-0.2, -0.15) is 5.10 Å². The van der Waals surface area contributed by atoms with Crippen LogP contribution in [0, 0.1) is 10.8 Å². The van der Waals surface area contributed by atoms with E-state index in [1.54, 1.807) is 0 Å². The Bertz CT molecular complexity index is 953. The lowest BCUT2D eigenvalue weighted by molar-refractivity contribution is 0.0742. The Balaban J connectivity index is 2.26. The smallest absolute Gasteiger partial charge is 0.180 e. The molecule has 3 heterocycles. The average molecular weight is 443 g/mol. The molecule has 0 aliphatic carbocycles. The largest absolute Gasteiger partial charge is 0.483 e. The number of hydrogen-bond donors (Lipinski definition) is 0. The van der Waals surface area contributed by atoms with Crippen molar-refractivity contribution in [3.05, 3.63) is 18.0 Å². The average Bonchev–Trinajstić information content (AvgIpc) is 3.00. The van der Waals surface area contributed by atoms with Gasteiger partial charge in [-0.05, 0) is 49.4 Å². The topological polar surface area (TPSA) is 42.7 Å². The molecule has 1 aliphatic rings. The lowest BCUT2D eigenvalue weighted by Crippen LogP contribution is -2.60. The normalized spacial score (nSPS) is 20.4. The number of anilines is 1. The molecule has 32 heavy (non-hydrogen) atoms. The standard InChI is InChI=1S/C27H46N4O/c1-13-27(11,12)31-19(14-24(2,3)4)20(15-25(5,6)7)32-21-17-30-22(29-23(21)31)18(16-28-30)26(8,9)10/h16-17,19-20H,13-15H2,1-12H3/t19-,20-/m0/s1. The van der Waals surface area contributed by atoms with E-state index >= 15 is 0 Å². The Kier molecular flexibility index (Phi) is 6.15. The van der Waals surface area contributed by atoms with E-state index in [-0.39, 0.29) is 33.9 Å². The van der Waals surface area contributed by atoms with E-state index < -0.39 is 0 Å². The fourth-order valence-electron chi connectivity index (χ4n) is 4.77. The van der Waals surface area contributed by atoms with E-state index in [4.69, 9.17) is 9.72 Å². The SMILES string of the molecule is CCC(C)(C)N1c2nc3c(C(C)(C)C)cnn3cc2O[C@@H](CC(C)(C)C)[C@@H]1CC(C)(C)C. The molecule has 0 N–H and O–H groups in total. The minimum atomic E-state index is -0.0438. The summed E-state index contributed by atoms with van der Waals surface area (Å²) in [5, 5.41) is 4.63. The second kappa shape index (κ2) is 7.92. The highest BCUT2D eigenvalue weighted by Gasteiger charge is 2.46. The molecule has 5 nitrogen and oxygen atoms in total. The molecule has 2 aromatic heterocycles. The highest BCUT2D eigenvalue weighted by molar-refractivity contribution is 5.63. The van der Waals surface area contributed by atoms with Gasteiger partial charge in [-0.25, -0.2) is 9.50 Å². The molecular formula is C27H46N4O. The van der Waals surface area contributed by atoms with Gasteiger partial charge in [0.25, 0.3) is 0 Å².